The molecule has 1 fully saturated rings. The van der Waals surface area contributed by atoms with Gasteiger partial charge in [0.05, 0.1) is 6.61 Å². The maximum Gasteiger partial charge on any atom is 0.404 e. The fourth-order valence-corrected chi connectivity index (χ4v) is 0.485. The molecule has 2 N–H and O–H groups in total. The van der Waals surface area contributed by atoms with Gasteiger partial charge < -0.3 is 10.5 Å². The van der Waals surface area contributed by atoms with Crippen molar-refractivity contribution in [3.63, 3.8) is 0 Å². The summed E-state index contributed by atoms with van der Waals surface area (Å²) in [6, 6.07) is 0. The molecule has 0 radical (unpaired) electrons. The third kappa shape index (κ3) is 1.82. The molecule has 0 aliphatic heterocycles. The van der Waals surface area contributed by atoms with Crippen LogP contribution >= 0.6 is 0 Å². The van der Waals surface area contributed by atoms with Crippen LogP contribution in [0, 0.1) is 5.92 Å². The monoisotopic (exact) mass is 115 g/mol. The molecule has 0 spiro atoms. The minimum atomic E-state index is -0.656. The smallest absolute Gasteiger partial charge is 0.404 e. The van der Waals surface area contributed by atoms with E-state index >= 15 is 0 Å². The summed E-state index contributed by atoms with van der Waals surface area (Å²) in [5.41, 5.74) is 4.71. The van der Waals surface area contributed by atoms with Crippen molar-refractivity contribution in [3.8, 4) is 0 Å². The second kappa shape index (κ2) is 2.03. The standard InChI is InChI=1S/C5H9NO2/c6-5(7)8-3-4-1-2-4/h4H,1-3H2,(H2,6,7). The Morgan fingerprint density at radius 3 is 2.75 bits per heavy atom. The number of hydrogen-bond donors (Lipinski definition) is 1. The zero-order chi connectivity index (χ0) is 5.98. The lowest BCUT2D eigenvalue weighted by atomic mass is 10.5. The van der Waals surface area contributed by atoms with Crippen LogP contribution in [-0.4, -0.2) is 12.7 Å². The van der Waals surface area contributed by atoms with Gasteiger partial charge in [-0.05, 0) is 18.8 Å². The summed E-state index contributed by atoms with van der Waals surface area (Å²) in [6.45, 7) is 0.523. The first-order valence-electron chi connectivity index (χ1n) is 2.71. The number of hydrogen-bond acceptors (Lipinski definition) is 2. The molecule has 1 rings (SSSR count). The highest BCUT2D eigenvalue weighted by atomic mass is 16.5. The van der Waals surface area contributed by atoms with E-state index in [0.29, 0.717) is 12.5 Å². The van der Waals surface area contributed by atoms with E-state index in [0.717, 1.165) is 0 Å². The van der Waals surface area contributed by atoms with Crippen LogP contribution in [0.4, 0.5) is 4.79 Å². The third-order valence-electron chi connectivity index (χ3n) is 1.16. The highest BCUT2D eigenvalue weighted by Gasteiger charge is 2.22. The maximum atomic E-state index is 9.93. The van der Waals surface area contributed by atoms with Gasteiger partial charge in [0.2, 0.25) is 0 Å². The Morgan fingerprint density at radius 2 is 2.38 bits per heavy atom. The average Bonchev–Trinajstić information content (AvgIpc) is 2.41. The molecule has 0 aromatic rings. The molecule has 1 saturated carbocycles. The Morgan fingerprint density at radius 1 is 1.75 bits per heavy atom. The zero-order valence-electron chi connectivity index (χ0n) is 4.59. The minimum Gasteiger partial charge on any atom is -0.449 e. The summed E-state index contributed by atoms with van der Waals surface area (Å²) in [4.78, 5) is 9.93. The molecular formula is C5H9NO2. The van der Waals surface area contributed by atoms with E-state index in [2.05, 4.69) is 4.74 Å². The molecule has 46 valence electrons. The van der Waals surface area contributed by atoms with Crippen molar-refractivity contribution in [1.29, 1.82) is 0 Å². The molecule has 1 amide bonds. The van der Waals surface area contributed by atoms with Gasteiger partial charge >= 0.3 is 6.09 Å². The van der Waals surface area contributed by atoms with Gasteiger partial charge in [-0.3, -0.25) is 0 Å². The first kappa shape index (κ1) is 5.41. The average molecular weight is 115 g/mol. The summed E-state index contributed by atoms with van der Waals surface area (Å²) in [6.07, 6.45) is 1.72. The van der Waals surface area contributed by atoms with E-state index < -0.39 is 6.09 Å². The number of rotatable bonds is 2. The van der Waals surface area contributed by atoms with Gasteiger partial charge in [0.1, 0.15) is 0 Å². The number of carbonyl (C=O) groups excluding carboxylic acids is 1. The molecule has 0 saturated heterocycles. The first-order chi connectivity index (χ1) is 3.79. The van der Waals surface area contributed by atoms with Crippen molar-refractivity contribution < 1.29 is 9.53 Å². The molecule has 1 aliphatic rings. The van der Waals surface area contributed by atoms with Gasteiger partial charge in [0.15, 0.2) is 0 Å². The van der Waals surface area contributed by atoms with E-state index in [1.807, 2.05) is 0 Å². The second-order valence-corrected chi connectivity index (χ2v) is 2.07. The van der Waals surface area contributed by atoms with Crippen molar-refractivity contribution in [3.05, 3.63) is 0 Å². The van der Waals surface area contributed by atoms with E-state index in [1.165, 1.54) is 12.8 Å². The van der Waals surface area contributed by atoms with Crippen LogP contribution < -0.4 is 5.73 Å². The number of amides is 1. The van der Waals surface area contributed by atoms with Crippen molar-refractivity contribution in [2.24, 2.45) is 11.7 Å². The lowest BCUT2D eigenvalue weighted by Crippen LogP contribution is -2.14. The Kier molecular flexibility index (Phi) is 1.37. The van der Waals surface area contributed by atoms with E-state index in [-0.39, 0.29) is 0 Å². The highest BCUT2D eigenvalue weighted by molar-refractivity contribution is 5.64. The van der Waals surface area contributed by atoms with Crippen LogP contribution in [0.2, 0.25) is 0 Å². The number of primary amides is 1. The van der Waals surface area contributed by atoms with E-state index in [9.17, 15) is 4.79 Å². The summed E-state index contributed by atoms with van der Waals surface area (Å²) >= 11 is 0. The van der Waals surface area contributed by atoms with Crippen LogP contribution in [0.3, 0.4) is 0 Å². The van der Waals surface area contributed by atoms with Gasteiger partial charge in [-0.15, -0.1) is 0 Å². The molecule has 3 nitrogen and oxygen atoms in total. The van der Waals surface area contributed by atoms with E-state index in [1.54, 1.807) is 0 Å². The van der Waals surface area contributed by atoms with Gasteiger partial charge in [0.25, 0.3) is 0 Å². The molecule has 8 heavy (non-hydrogen) atoms. The van der Waals surface area contributed by atoms with Crippen LogP contribution in [0.25, 0.3) is 0 Å². The predicted octanol–water partition coefficient (Wildman–Crippen LogP) is 0.492. The van der Waals surface area contributed by atoms with Crippen molar-refractivity contribution in [2.75, 3.05) is 6.61 Å². The summed E-state index contributed by atoms with van der Waals surface area (Å²) < 4.78 is 4.50. The third-order valence-corrected chi connectivity index (χ3v) is 1.16. The maximum absolute atomic E-state index is 9.93. The molecule has 0 atom stereocenters. The summed E-state index contributed by atoms with van der Waals surface area (Å²) in [5.74, 6) is 0.613. The molecular weight excluding hydrogens is 106 g/mol. The van der Waals surface area contributed by atoms with Crippen molar-refractivity contribution in [1.82, 2.24) is 0 Å². The van der Waals surface area contributed by atoms with Gasteiger partial charge in [-0.1, -0.05) is 0 Å². The first-order valence-corrected chi connectivity index (χ1v) is 2.71. The quantitative estimate of drug-likeness (QED) is 0.569. The molecule has 3 heteroatoms. The van der Waals surface area contributed by atoms with Gasteiger partial charge in [-0.25, -0.2) is 4.79 Å². The molecule has 0 aromatic carbocycles. The lowest BCUT2D eigenvalue weighted by Gasteiger charge is -1.95. The molecule has 0 aromatic heterocycles. The zero-order valence-corrected chi connectivity index (χ0v) is 4.59. The van der Waals surface area contributed by atoms with E-state index in [4.69, 9.17) is 5.73 Å². The fraction of sp³-hybridized carbons (Fsp3) is 0.800. The number of carbonyl (C=O) groups is 1. The van der Waals surface area contributed by atoms with Crippen LogP contribution in [-0.2, 0) is 4.74 Å². The molecule has 0 unspecified atom stereocenters. The number of nitrogens with two attached hydrogens (primary N) is 1. The SMILES string of the molecule is NC(=O)OCC1CC1. The Bertz CT molecular complexity index is 98.6. The number of ether oxygens (including phenoxy) is 1. The van der Waals surface area contributed by atoms with Crippen LogP contribution in [0.5, 0.6) is 0 Å². The summed E-state index contributed by atoms with van der Waals surface area (Å²) in [5, 5.41) is 0. The van der Waals surface area contributed by atoms with Crippen molar-refractivity contribution in [2.45, 2.75) is 12.8 Å². The molecule has 0 heterocycles. The largest absolute Gasteiger partial charge is 0.449 e. The van der Waals surface area contributed by atoms with Gasteiger partial charge in [-0.2, -0.15) is 0 Å². The van der Waals surface area contributed by atoms with Crippen molar-refractivity contribution >= 4 is 6.09 Å². The molecule has 1 aliphatic carbocycles. The Hall–Kier alpha value is -0.730. The predicted molar refractivity (Wildman–Crippen MR) is 28.3 cm³/mol. The minimum absolute atomic E-state index is 0.523. The fourth-order valence-electron chi connectivity index (χ4n) is 0.485. The highest BCUT2D eigenvalue weighted by Crippen LogP contribution is 2.28. The lowest BCUT2D eigenvalue weighted by molar-refractivity contribution is 0.151. The second-order valence-electron chi connectivity index (χ2n) is 2.07. The molecule has 0 bridgehead atoms. The van der Waals surface area contributed by atoms with Crippen LogP contribution in [0.1, 0.15) is 12.8 Å². The van der Waals surface area contributed by atoms with Crippen LogP contribution in [0.15, 0.2) is 0 Å². The topological polar surface area (TPSA) is 52.3 Å². The summed E-state index contributed by atoms with van der Waals surface area (Å²) in [7, 11) is 0. The normalized spacial score (nSPS) is 18.0. The Balaban J connectivity index is 1.95. The van der Waals surface area contributed by atoms with Gasteiger partial charge in [0, 0.05) is 0 Å². The Labute approximate surface area is 47.8 Å².